The first kappa shape index (κ1) is 35.5. The molecular weight excluding hydrogens is 690 g/mol. The van der Waals surface area contributed by atoms with E-state index in [1.165, 1.54) is 10.4 Å². The molecule has 2 saturated heterocycles. The average molecular weight is 733 g/mol. The predicted octanol–water partition coefficient (Wildman–Crippen LogP) is 6.22. The Labute approximate surface area is 303 Å². The molecule has 9 nitrogen and oxygen atoms in total. The number of aromatic nitrogens is 3. The van der Waals surface area contributed by atoms with Crippen molar-refractivity contribution in [2.75, 3.05) is 44.4 Å². The van der Waals surface area contributed by atoms with E-state index in [2.05, 4.69) is 90.2 Å². The van der Waals surface area contributed by atoms with Gasteiger partial charge in [0.25, 0.3) is 8.32 Å². The topological polar surface area (TPSA) is 96.6 Å². The molecule has 3 aliphatic heterocycles. The van der Waals surface area contributed by atoms with Crippen LogP contribution in [0.2, 0.25) is 10.2 Å². The van der Waals surface area contributed by atoms with Gasteiger partial charge in [-0.1, -0.05) is 93.0 Å². The number of alkyl halides is 1. The van der Waals surface area contributed by atoms with E-state index in [0.717, 1.165) is 19.4 Å². The fourth-order valence-electron chi connectivity index (χ4n) is 8.35. The van der Waals surface area contributed by atoms with Crippen molar-refractivity contribution in [1.82, 2.24) is 19.9 Å². The van der Waals surface area contributed by atoms with Gasteiger partial charge >= 0.3 is 6.01 Å². The van der Waals surface area contributed by atoms with Crippen molar-refractivity contribution in [3.05, 3.63) is 71.6 Å². The number of anilines is 1. The number of nitriles is 1. The number of fused-ring (bicyclic) bond motifs is 1. The SMILES string of the molecule is CC(C)(C)[Si](OCC[C@H]1COc2nc(Cl)c(F)c3nc(OC[C@@]45CCCN4C[C@H](F)C5)nc(c23)N1CCC#N)(c1ccccc1)c1ccccc1. The molecule has 51 heavy (non-hydrogen) atoms. The summed E-state index contributed by atoms with van der Waals surface area (Å²) in [6.07, 6.45) is 1.90. The van der Waals surface area contributed by atoms with Gasteiger partial charge in [-0.2, -0.15) is 20.2 Å². The third kappa shape index (κ3) is 6.54. The minimum atomic E-state index is -2.84. The van der Waals surface area contributed by atoms with E-state index in [1.54, 1.807) is 0 Å². The summed E-state index contributed by atoms with van der Waals surface area (Å²) >= 11 is 6.28. The largest absolute Gasteiger partial charge is 0.475 e. The number of hydrogen-bond donors (Lipinski definition) is 0. The zero-order valence-corrected chi connectivity index (χ0v) is 31.0. The van der Waals surface area contributed by atoms with Crippen LogP contribution in [-0.2, 0) is 4.43 Å². The van der Waals surface area contributed by atoms with Crippen LogP contribution in [0, 0.1) is 17.1 Å². The molecular formula is C38H43ClF2N6O3Si. The number of pyridine rings is 1. The van der Waals surface area contributed by atoms with Crippen molar-refractivity contribution >= 4 is 47.0 Å². The Hall–Kier alpha value is -3.89. The van der Waals surface area contributed by atoms with E-state index in [1.807, 2.05) is 17.0 Å². The van der Waals surface area contributed by atoms with Crippen LogP contribution >= 0.6 is 11.6 Å². The second-order valence-electron chi connectivity index (χ2n) is 14.8. The molecule has 2 aromatic carbocycles. The molecule has 0 radical (unpaired) electrons. The van der Waals surface area contributed by atoms with Gasteiger partial charge in [0, 0.05) is 26.1 Å². The van der Waals surface area contributed by atoms with Crippen LogP contribution in [0.5, 0.6) is 11.9 Å². The Morgan fingerprint density at radius 1 is 1.08 bits per heavy atom. The van der Waals surface area contributed by atoms with E-state index in [0.29, 0.717) is 38.4 Å². The van der Waals surface area contributed by atoms with Crippen molar-refractivity contribution in [2.45, 2.75) is 75.7 Å². The number of ether oxygens (including phenoxy) is 2. The van der Waals surface area contributed by atoms with Crippen LogP contribution in [0.1, 0.15) is 52.9 Å². The van der Waals surface area contributed by atoms with Crippen molar-refractivity contribution in [3.63, 3.8) is 0 Å². The van der Waals surface area contributed by atoms with Crippen molar-refractivity contribution < 1.29 is 22.7 Å². The number of rotatable bonds is 11. The van der Waals surface area contributed by atoms with Gasteiger partial charge in [0.1, 0.15) is 36.1 Å². The van der Waals surface area contributed by atoms with Gasteiger partial charge in [-0.25, -0.2) is 8.78 Å². The summed E-state index contributed by atoms with van der Waals surface area (Å²) in [7, 11) is -2.84. The van der Waals surface area contributed by atoms with Crippen LogP contribution in [0.15, 0.2) is 60.7 Å². The third-order valence-electron chi connectivity index (χ3n) is 10.7. The van der Waals surface area contributed by atoms with Gasteiger partial charge in [-0.15, -0.1) is 0 Å². The van der Waals surface area contributed by atoms with Crippen molar-refractivity contribution in [3.8, 4) is 18.0 Å². The smallest absolute Gasteiger partial charge is 0.319 e. The van der Waals surface area contributed by atoms with E-state index < -0.39 is 25.8 Å². The molecule has 0 N–H and O–H groups in total. The van der Waals surface area contributed by atoms with Gasteiger partial charge in [-0.05, 0) is 41.2 Å². The highest BCUT2D eigenvalue weighted by atomic mass is 35.5. The molecule has 0 spiro atoms. The van der Waals surface area contributed by atoms with Crippen LogP contribution in [0.4, 0.5) is 14.6 Å². The number of nitrogens with zero attached hydrogens (tertiary/aromatic N) is 6. The minimum absolute atomic E-state index is 0.0423. The summed E-state index contributed by atoms with van der Waals surface area (Å²) in [4.78, 5) is 17.7. The summed E-state index contributed by atoms with van der Waals surface area (Å²) < 4.78 is 50.0. The van der Waals surface area contributed by atoms with Gasteiger partial charge in [0.15, 0.2) is 11.0 Å². The molecule has 0 unspecified atom stereocenters. The molecule has 268 valence electrons. The fourth-order valence-corrected chi connectivity index (χ4v) is 13.1. The lowest BCUT2D eigenvalue weighted by Crippen LogP contribution is -2.66. The predicted molar refractivity (Wildman–Crippen MR) is 196 cm³/mol. The number of benzene rings is 2. The minimum Gasteiger partial charge on any atom is -0.475 e. The first-order chi connectivity index (χ1) is 24.6. The van der Waals surface area contributed by atoms with Crippen LogP contribution in [0.25, 0.3) is 10.9 Å². The van der Waals surface area contributed by atoms with Crippen molar-refractivity contribution in [1.29, 1.82) is 5.26 Å². The molecule has 3 aliphatic rings. The van der Waals surface area contributed by atoms with Gasteiger partial charge in [-0.3, -0.25) is 4.90 Å². The fraction of sp³-hybridized carbons (Fsp3) is 0.474. The normalized spacial score (nSPS) is 22.0. The zero-order chi connectivity index (χ0) is 35.8. The Morgan fingerprint density at radius 3 is 2.45 bits per heavy atom. The van der Waals surface area contributed by atoms with E-state index in [4.69, 9.17) is 30.5 Å². The van der Waals surface area contributed by atoms with Crippen molar-refractivity contribution in [2.24, 2.45) is 0 Å². The van der Waals surface area contributed by atoms with E-state index in [-0.39, 0.29) is 58.7 Å². The average Bonchev–Trinajstić information content (AvgIpc) is 3.60. The van der Waals surface area contributed by atoms with Crippen LogP contribution in [-0.4, -0.2) is 85.4 Å². The lowest BCUT2D eigenvalue weighted by molar-refractivity contribution is 0.107. The molecule has 0 amide bonds. The Morgan fingerprint density at radius 2 is 1.78 bits per heavy atom. The van der Waals surface area contributed by atoms with Gasteiger partial charge < -0.3 is 18.8 Å². The maximum atomic E-state index is 15.7. The second kappa shape index (κ2) is 14.3. The maximum absolute atomic E-state index is 15.7. The molecule has 5 heterocycles. The van der Waals surface area contributed by atoms with E-state index in [9.17, 15) is 9.65 Å². The summed E-state index contributed by atoms with van der Waals surface area (Å²) in [5.74, 6) is -0.342. The Balaban J connectivity index is 1.23. The first-order valence-electron chi connectivity index (χ1n) is 17.7. The Kier molecular flexibility index (Phi) is 9.93. The monoisotopic (exact) mass is 732 g/mol. The highest BCUT2D eigenvalue weighted by Gasteiger charge is 2.51. The molecule has 0 saturated carbocycles. The third-order valence-corrected chi connectivity index (χ3v) is 16.0. The first-order valence-corrected chi connectivity index (χ1v) is 19.9. The van der Waals surface area contributed by atoms with E-state index >= 15 is 4.39 Å². The quantitative estimate of drug-likeness (QED) is 0.132. The highest BCUT2D eigenvalue weighted by molar-refractivity contribution is 6.99. The molecule has 13 heteroatoms. The van der Waals surface area contributed by atoms with Gasteiger partial charge in [0.2, 0.25) is 5.88 Å². The molecule has 2 aromatic heterocycles. The Bertz CT molecular complexity index is 1870. The summed E-state index contributed by atoms with van der Waals surface area (Å²) in [6.45, 7) is 8.90. The molecule has 0 aliphatic carbocycles. The molecule has 2 fully saturated rings. The number of hydrogen-bond acceptors (Lipinski definition) is 9. The van der Waals surface area contributed by atoms with Crippen LogP contribution < -0.4 is 24.7 Å². The summed E-state index contributed by atoms with van der Waals surface area (Å²) in [5.41, 5.74) is -0.526. The summed E-state index contributed by atoms with van der Waals surface area (Å²) in [5, 5.41) is 11.7. The lowest BCUT2D eigenvalue weighted by Gasteiger charge is -2.43. The lowest BCUT2D eigenvalue weighted by atomic mass is 9.95. The van der Waals surface area contributed by atoms with Crippen LogP contribution in [0.3, 0.4) is 0 Å². The van der Waals surface area contributed by atoms with Gasteiger partial charge in [0.05, 0.1) is 24.1 Å². The maximum Gasteiger partial charge on any atom is 0.319 e. The molecule has 0 bridgehead atoms. The molecule has 7 rings (SSSR count). The molecule has 3 atom stereocenters. The summed E-state index contributed by atoms with van der Waals surface area (Å²) in [6, 6.07) is 22.7. The second-order valence-corrected chi connectivity index (χ2v) is 19.5. The standard InChI is InChI=1S/C38H43ClF2N6O3Si/c1-37(2,3)51(28-12-6-4-7-13-28,29-14-8-5-9-15-29)50-21-16-27-24-48-35-30-32(31(41)33(39)44-35)43-36(45-34(30)47(27)20-11-18-42)49-25-38-17-10-19-46(38)23-26(40)22-38/h4-9,12-15,26-27H,10-11,16-17,19-25H2,1-3H3/t26-,27+,38+/m1/s1. The highest BCUT2D eigenvalue weighted by Crippen LogP contribution is 2.43. The zero-order valence-electron chi connectivity index (χ0n) is 29.2. The number of halogens is 3. The molecule has 4 aromatic rings.